The zero-order valence-corrected chi connectivity index (χ0v) is 17.3. The summed E-state index contributed by atoms with van der Waals surface area (Å²) in [4.78, 5) is 22.9. The van der Waals surface area contributed by atoms with E-state index in [1.165, 1.54) is 0 Å². The van der Waals surface area contributed by atoms with Crippen LogP contribution in [0.1, 0.15) is 68.7 Å². The summed E-state index contributed by atoms with van der Waals surface area (Å²) in [5.41, 5.74) is -0.00266. The second kappa shape index (κ2) is 6.79. The molecule has 0 aliphatic heterocycles. The maximum atomic E-state index is 12.1. The maximum Gasteiger partial charge on any atom is 0.333 e. The quantitative estimate of drug-likeness (QED) is 0.436. The topological polar surface area (TPSA) is 63.6 Å². The van der Waals surface area contributed by atoms with Gasteiger partial charge in [-0.1, -0.05) is 68.9 Å². The molecular formula is C18H34O4Si. The summed E-state index contributed by atoms with van der Waals surface area (Å²) < 4.78 is 5.61. The van der Waals surface area contributed by atoms with E-state index in [2.05, 4.69) is 68.9 Å². The van der Waals surface area contributed by atoms with Crippen molar-refractivity contribution in [1.82, 2.24) is 0 Å². The Kier molecular flexibility index (Phi) is 6.47. The molecule has 0 bridgehead atoms. The zero-order valence-electron chi connectivity index (χ0n) is 16.3. The molecule has 1 N–H and O–H groups in total. The van der Waals surface area contributed by atoms with Crippen LogP contribution in [0.3, 0.4) is 0 Å². The minimum absolute atomic E-state index is 0.00266. The van der Waals surface area contributed by atoms with Gasteiger partial charge in [0, 0.05) is 5.57 Å². The summed E-state index contributed by atoms with van der Waals surface area (Å²) in [5.74, 6) is -1.67. The largest absolute Gasteiger partial charge is 0.481 e. The first-order valence-electron chi connectivity index (χ1n) is 8.04. The van der Waals surface area contributed by atoms with Gasteiger partial charge in [0.25, 0.3) is 0 Å². The van der Waals surface area contributed by atoms with Crippen molar-refractivity contribution in [1.29, 1.82) is 0 Å². The van der Waals surface area contributed by atoms with E-state index in [1.54, 1.807) is 0 Å². The summed E-state index contributed by atoms with van der Waals surface area (Å²) >= 11 is 0. The number of esters is 1. The van der Waals surface area contributed by atoms with Crippen molar-refractivity contribution in [3.05, 3.63) is 12.2 Å². The third kappa shape index (κ3) is 4.69. The molecule has 0 fully saturated rings. The summed E-state index contributed by atoms with van der Waals surface area (Å²) in [5, 5.41) is 8.82. The lowest BCUT2D eigenvalue weighted by Crippen LogP contribution is -2.62. The van der Waals surface area contributed by atoms with E-state index < -0.39 is 20.0 Å². The molecule has 0 aliphatic carbocycles. The van der Waals surface area contributed by atoms with Gasteiger partial charge in [0.1, 0.15) is 8.07 Å². The molecule has 5 heteroatoms. The highest BCUT2D eigenvalue weighted by atomic mass is 28.3. The van der Waals surface area contributed by atoms with Crippen LogP contribution >= 0.6 is 0 Å². The molecule has 0 atom stereocenters. The number of hydrogen-bond donors (Lipinski definition) is 1. The van der Waals surface area contributed by atoms with Gasteiger partial charge in [0.15, 0.2) is 0 Å². The van der Waals surface area contributed by atoms with Gasteiger partial charge in [0.05, 0.1) is 12.7 Å². The highest BCUT2D eigenvalue weighted by Crippen LogP contribution is 2.61. The van der Waals surface area contributed by atoms with Crippen LogP contribution in [0, 0.1) is 0 Å². The Morgan fingerprint density at radius 3 is 1.52 bits per heavy atom. The Morgan fingerprint density at radius 2 is 1.26 bits per heavy atom. The number of carbonyl (C=O) groups excluding carboxylic acids is 1. The predicted molar refractivity (Wildman–Crippen MR) is 97.3 cm³/mol. The van der Waals surface area contributed by atoms with Gasteiger partial charge in [-0.2, -0.15) is 0 Å². The summed E-state index contributed by atoms with van der Waals surface area (Å²) in [7, 11) is -2.18. The third-order valence-corrected chi connectivity index (χ3v) is 13.2. The summed E-state index contributed by atoms with van der Waals surface area (Å²) in [6.07, 6.45) is -0.0189. The lowest BCUT2D eigenvalue weighted by Gasteiger charge is -2.58. The Labute approximate surface area is 142 Å². The second-order valence-electron chi connectivity index (χ2n) is 9.41. The van der Waals surface area contributed by atoms with E-state index in [1.807, 2.05) is 0 Å². The van der Waals surface area contributed by atoms with Crippen LogP contribution in [-0.4, -0.2) is 31.3 Å². The fraction of sp³-hybridized carbons (Fsp3) is 0.778. The number of ether oxygens (including phenoxy) is 1. The highest BCUT2D eigenvalue weighted by molar-refractivity contribution is 6.87. The normalized spacial score (nSPS) is 13.6. The van der Waals surface area contributed by atoms with Crippen molar-refractivity contribution in [2.45, 2.75) is 83.8 Å². The van der Waals surface area contributed by atoms with Crippen LogP contribution in [0.2, 0.25) is 15.1 Å². The molecule has 0 aromatic heterocycles. The van der Waals surface area contributed by atoms with Crippen LogP contribution in [0.15, 0.2) is 12.2 Å². The zero-order chi connectivity index (χ0) is 18.9. The van der Waals surface area contributed by atoms with E-state index in [4.69, 9.17) is 9.84 Å². The van der Waals surface area contributed by atoms with Crippen LogP contribution in [0.25, 0.3) is 0 Å². The van der Waals surface area contributed by atoms with Gasteiger partial charge >= 0.3 is 11.9 Å². The Morgan fingerprint density at radius 1 is 0.913 bits per heavy atom. The lowest BCUT2D eigenvalue weighted by atomic mass is 10.2. The predicted octanol–water partition coefficient (Wildman–Crippen LogP) is 4.95. The highest BCUT2D eigenvalue weighted by Gasteiger charge is 2.60. The number of rotatable bonds is 5. The van der Waals surface area contributed by atoms with Gasteiger partial charge in [-0.05, 0) is 15.1 Å². The first kappa shape index (κ1) is 21.9. The number of carboxylic acid groups (broad SMARTS) is 1. The van der Waals surface area contributed by atoms with Crippen LogP contribution in [0.4, 0.5) is 0 Å². The number of hydrogen-bond acceptors (Lipinski definition) is 3. The van der Waals surface area contributed by atoms with Gasteiger partial charge in [-0.3, -0.25) is 4.79 Å². The fourth-order valence-corrected chi connectivity index (χ4v) is 13.0. The molecule has 23 heavy (non-hydrogen) atoms. The van der Waals surface area contributed by atoms with Crippen LogP contribution < -0.4 is 0 Å². The average Bonchev–Trinajstić information content (AvgIpc) is 2.22. The molecular weight excluding hydrogens is 308 g/mol. The first-order valence-corrected chi connectivity index (χ1v) is 10.2. The van der Waals surface area contributed by atoms with Gasteiger partial charge in [0.2, 0.25) is 0 Å². The number of carbonyl (C=O) groups is 2. The SMILES string of the molecule is C=C(CC(=O)O)C(=O)OC[Si](C(C)(C)C)(C(C)(C)C)C(C)(C)C. The molecule has 0 unspecified atom stereocenters. The minimum Gasteiger partial charge on any atom is -0.481 e. The van der Waals surface area contributed by atoms with E-state index in [0.29, 0.717) is 6.23 Å². The van der Waals surface area contributed by atoms with Gasteiger partial charge in [-0.15, -0.1) is 0 Å². The molecule has 0 saturated carbocycles. The summed E-state index contributed by atoms with van der Waals surface area (Å²) in [6, 6.07) is 0. The standard InChI is InChI=1S/C18H34O4Si/c1-13(11-14(19)20)15(21)22-12-23(16(2,3)4,17(5,6)7)18(8,9)10/h1,11-12H2,2-10H3,(H,19,20). The van der Waals surface area contributed by atoms with Gasteiger partial charge < -0.3 is 9.84 Å². The lowest BCUT2D eigenvalue weighted by molar-refractivity contribution is -0.141. The average molecular weight is 343 g/mol. The van der Waals surface area contributed by atoms with E-state index >= 15 is 0 Å². The van der Waals surface area contributed by atoms with Crippen molar-refractivity contribution in [3.8, 4) is 0 Å². The molecule has 0 rings (SSSR count). The number of aliphatic carboxylic acids is 1. The monoisotopic (exact) mass is 342 g/mol. The molecule has 0 aliphatic rings. The molecule has 4 nitrogen and oxygen atoms in total. The molecule has 134 valence electrons. The molecule has 0 amide bonds. The maximum absolute atomic E-state index is 12.1. The summed E-state index contributed by atoms with van der Waals surface area (Å²) in [6.45, 7) is 23.5. The van der Waals surface area contributed by atoms with E-state index in [-0.39, 0.29) is 27.1 Å². The molecule has 0 spiro atoms. The Bertz CT molecular complexity index is 437. The van der Waals surface area contributed by atoms with Crippen molar-refractivity contribution in [3.63, 3.8) is 0 Å². The van der Waals surface area contributed by atoms with Crippen LogP contribution in [0.5, 0.6) is 0 Å². The first-order chi connectivity index (χ1) is 9.97. The van der Waals surface area contributed by atoms with Crippen LogP contribution in [-0.2, 0) is 14.3 Å². The molecule has 0 heterocycles. The number of carboxylic acids is 1. The van der Waals surface area contributed by atoms with Crippen molar-refractivity contribution in [2.24, 2.45) is 0 Å². The Hall–Kier alpha value is -1.10. The van der Waals surface area contributed by atoms with Crippen molar-refractivity contribution >= 4 is 20.0 Å². The molecule has 0 aromatic carbocycles. The fourth-order valence-electron chi connectivity index (χ4n) is 4.56. The second-order valence-corrected chi connectivity index (χ2v) is 16.0. The van der Waals surface area contributed by atoms with Gasteiger partial charge in [-0.25, -0.2) is 4.79 Å². The smallest absolute Gasteiger partial charge is 0.333 e. The molecule has 0 saturated heterocycles. The van der Waals surface area contributed by atoms with Crippen molar-refractivity contribution < 1.29 is 19.4 Å². The third-order valence-electron chi connectivity index (χ3n) is 4.91. The Balaban J connectivity index is 5.65. The molecule has 0 radical (unpaired) electrons. The van der Waals surface area contributed by atoms with E-state index in [9.17, 15) is 9.59 Å². The van der Waals surface area contributed by atoms with Crippen molar-refractivity contribution in [2.75, 3.05) is 6.23 Å². The van der Waals surface area contributed by atoms with E-state index in [0.717, 1.165) is 0 Å². The molecule has 0 aromatic rings. The minimum atomic E-state index is -2.18.